The Bertz CT molecular complexity index is 424. The molecule has 144 valence electrons. The quantitative estimate of drug-likeness (QED) is 0.300. The smallest absolute Gasteiger partial charge is 0.121 e. The van der Waals surface area contributed by atoms with E-state index in [1.807, 2.05) is 13.0 Å². The highest BCUT2D eigenvalue weighted by Gasteiger charge is 2.03. The lowest BCUT2D eigenvalue weighted by Crippen LogP contribution is -1.89. The summed E-state index contributed by atoms with van der Waals surface area (Å²) in [5.74, 6) is 0.507. The van der Waals surface area contributed by atoms with E-state index in [2.05, 4.69) is 19.1 Å². The minimum atomic E-state index is 0.507. The van der Waals surface area contributed by atoms with Crippen LogP contribution >= 0.6 is 0 Å². The summed E-state index contributed by atoms with van der Waals surface area (Å²) in [6, 6.07) is 6.09. The number of unbranched alkanes of at least 4 members (excludes halogenated alkanes) is 14. The number of hydrogen-bond donors (Lipinski definition) is 1. The molecule has 1 heteroatoms. The second-order valence-electron chi connectivity index (χ2n) is 7.78. The second-order valence-corrected chi connectivity index (χ2v) is 7.78. The van der Waals surface area contributed by atoms with Crippen molar-refractivity contribution in [1.29, 1.82) is 0 Å². The van der Waals surface area contributed by atoms with Gasteiger partial charge in [-0.25, -0.2) is 0 Å². The molecule has 0 bridgehead atoms. The largest absolute Gasteiger partial charge is 0.507 e. The first kappa shape index (κ1) is 22.1. The van der Waals surface area contributed by atoms with Crippen LogP contribution in [0.2, 0.25) is 0 Å². The van der Waals surface area contributed by atoms with Crippen molar-refractivity contribution >= 4 is 0 Å². The van der Waals surface area contributed by atoms with Gasteiger partial charge in [0.2, 0.25) is 0 Å². The zero-order valence-electron chi connectivity index (χ0n) is 17.0. The highest BCUT2D eigenvalue weighted by Crippen LogP contribution is 2.23. The van der Waals surface area contributed by atoms with E-state index >= 15 is 0 Å². The first-order chi connectivity index (χ1) is 12.3. The summed E-state index contributed by atoms with van der Waals surface area (Å²) >= 11 is 0. The SMILES string of the molecule is CCCCCCCCCCCCCCCCCc1cccc(C)c1O. The Morgan fingerprint density at radius 1 is 0.640 bits per heavy atom. The maximum Gasteiger partial charge on any atom is 0.121 e. The van der Waals surface area contributed by atoms with E-state index in [9.17, 15) is 5.11 Å². The molecule has 0 atom stereocenters. The zero-order chi connectivity index (χ0) is 18.2. The van der Waals surface area contributed by atoms with Crippen molar-refractivity contribution in [1.82, 2.24) is 0 Å². The molecule has 1 N–H and O–H groups in total. The lowest BCUT2D eigenvalue weighted by Gasteiger charge is -2.07. The predicted molar refractivity (Wildman–Crippen MR) is 111 cm³/mol. The van der Waals surface area contributed by atoms with Crippen LogP contribution in [0.4, 0.5) is 0 Å². The predicted octanol–water partition coefficient (Wildman–Crippen LogP) is 8.11. The van der Waals surface area contributed by atoms with Gasteiger partial charge >= 0.3 is 0 Å². The summed E-state index contributed by atoms with van der Waals surface area (Å²) in [5.41, 5.74) is 2.12. The van der Waals surface area contributed by atoms with Gasteiger partial charge in [0, 0.05) is 0 Å². The first-order valence-corrected chi connectivity index (χ1v) is 11.0. The molecule has 0 saturated heterocycles. The van der Waals surface area contributed by atoms with Crippen molar-refractivity contribution in [2.24, 2.45) is 0 Å². The summed E-state index contributed by atoms with van der Waals surface area (Å²) in [4.78, 5) is 0. The second kappa shape index (κ2) is 15.3. The molecule has 0 heterocycles. The van der Waals surface area contributed by atoms with Crippen LogP contribution < -0.4 is 0 Å². The van der Waals surface area contributed by atoms with Crippen LogP contribution in [-0.2, 0) is 6.42 Å². The molecule has 1 rings (SSSR count). The van der Waals surface area contributed by atoms with Crippen molar-refractivity contribution < 1.29 is 5.11 Å². The molecule has 0 radical (unpaired) electrons. The van der Waals surface area contributed by atoms with Crippen molar-refractivity contribution in [2.75, 3.05) is 0 Å². The Balaban J connectivity index is 1.82. The van der Waals surface area contributed by atoms with Crippen LogP contribution in [0.25, 0.3) is 0 Å². The third kappa shape index (κ3) is 11.3. The average molecular weight is 347 g/mol. The summed E-state index contributed by atoms with van der Waals surface area (Å²) in [6.07, 6.45) is 22.0. The topological polar surface area (TPSA) is 20.2 Å². The van der Waals surface area contributed by atoms with Crippen LogP contribution in [0.5, 0.6) is 5.75 Å². The van der Waals surface area contributed by atoms with Gasteiger partial charge in [0.25, 0.3) is 0 Å². The lowest BCUT2D eigenvalue weighted by atomic mass is 10.0. The number of phenolic OH excluding ortho intramolecular Hbond substituents is 1. The molecular formula is C24H42O. The van der Waals surface area contributed by atoms with E-state index in [0.29, 0.717) is 5.75 Å². The van der Waals surface area contributed by atoms with Crippen LogP contribution in [0.1, 0.15) is 114 Å². The molecule has 0 aromatic heterocycles. The highest BCUT2D eigenvalue weighted by atomic mass is 16.3. The molecule has 1 aromatic rings. The van der Waals surface area contributed by atoms with E-state index in [1.165, 1.54) is 96.3 Å². The molecular weight excluding hydrogens is 304 g/mol. The Labute approximate surface area is 157 Å². The van der Waals surface area contributed by atoms with E-state index in [0.717, 1.165) is 17.5 Å². The molecule has 1 nitrogen and oxygen atoms in total. The lowest BCUT2D eigenvalue weighted by molar-refractivity contribution is 0.461. The molecule has 0 unspecified atom stereocenters. The van der Waals surface area contributed by atoms with Gasteiger partial charge in [0.15, 0.2) is 0 Å². The van der Waals surface area contributed by atoms with E-state index in [1.54, 1.807) is 0 Å². The summed E-state index contributed by atoms with van der Waals surface area (Å²) < 4.78 is 0. The Kier molecular flexibility index (Phi) is 13.5. The van der Waals surface area contributed by atoms with Gasteiger partial charge < -0.3 is 5.11 Å². The summed E-state index contributed by atoms with van der Waals surface area (Å²) in [6.45, 7) is 4.26. The number of para-hydroxylation sites is 1. The van der Waals surface area contributed by atoms with Crippen LogP contribution in [0.3, 0.4) is 0 Å². The summed E-state index contributed by atoms with van der Waals surface area (Å²) in [7, 11) is 0. The fraction of sp³-hybridized carbons (Fsp3) is 0.750. The third-order valence-electron chi connectivity index (χ3n) is 5.37. The summed E-state index contributed by atoms with van der Waals surface area (Å²) in [5, 5.41) is 10.0. The first-order valence-electron chi connectivity index (χ1n) is 11.0. The van der Waals surface area contributed by atoms with Gasteiger partial charge in [0.05, 0.1) is 0 Å². The Hall–Kier alpha value is -0.980. The van der Waals surface area contributed by atoms with Gasteiger partial charge in [-0.05, 0) is 30.9 Å². The molecule has 0 aliphatic heterocycles. The van der Waals surface area contributed by atoms with E-state index in [4.69, 9.17) is 0 Å². The fourth-order valence-electron chi connectivity index (χ4n) is 3.61. The number of benzene rings is 1. The van der Waals surface area contributed by atoms with Gasteiger partial charge in [0.1, 0.15) is 5.75 Å². The molecule has 0 spiro atoms. The zero-order valence-corrected chi connectivity index (χ0v) is 17.0. The molecule has 0 saturated carbocycles. The minimum absolute atomic E-state index is 0.507. The third-order valence-corrected chi connectivity index (χ3v) is 5.37. The number of aryl methyl sites for hydroxylation is 2. The highest BCUT2D eigenvalue weighted by molar-refractivity contribution is 5.39. The molecule has 1 aromatic carbocycles. The molecule has 0 fully saturated rings. The van der Waals surface area contributed by atoms with Gasteiger partial charge in [-0.3, -0.25) is 0 Å². The van der Waals surface area contributed by atoms with Crippen LogP contribution in [0, 0.1) is 6.92 Å². The van der Waals surface area contributed by atoms with Crippen molar-refractivity contribution in [3.8, 4) is 5.75 Å². The monoisotopic (exact) mass is 346 g/mol. The molecule has 25 heavy (non-hydrogen) atoms. The van der Waals surface area contributed by atoms with Crippen LogP contribution in [0.15, 0.2) is 18.2 Å². The van der Waals surface area contributed by atoms with E-state index < -0.39 is 0 Å². The maximum absolute atomic E-state index is 10.0. The minimum Gasteiger partial charge on any atom is -0.507 e. The number of aromatic hydroxyl groups is 1. The number of hydrogen-bond acceptors (Lipinski definition) is 1. The standard InChI is InChI=1S/C24H42O/c1-3-4-5-6-7-8-9-10-11-12-13-14-15-16-17-20-23-21-18-19-22(2)24(23)25/h18-19,21,25H,3-17,20H2,1-2H3. The number of phenols is 1. The fourth-order valence-corrected chi connectivity index (χ4v) is 3.61. The van der Waals surface area contributed by atoms with Crippen molar-refractivity contribution in [2.45, 2.75) is 117 Å². The Morgan fingerprint density at radius 2 is 1.08 bits per heavy atom. The van der Waals surface area contributed by atoms with Gasteiger partial charge in [-0.2, -0.15) is 0 Å². The van der Waals surface area contributed by atoms with Crippen molar-refractivity contribution in [3.05, 3.63) is 29.3 Å². The average Bonchev–Trinajstić information content (AvgIpc) is 2.61. The maximum atomic E-state index is 10.0. The van der Waals surface area contributed by atoms with Gasteiger partial charge in [-0.1, -0.05) is 115 Å². The van der Waals surface area contributed by atoms with E-state index in [-0.39, 0.29) is 0 Å². The van der Waals surface area contributed by atoms with Crippen LogP contribution in [-0.4, -0.2) is 5.11 Å². The van der Waals surface area contributed by atoms with Gasteiger partial charge in [-0.15, -0.1) is 0 Å². The Morgan fingerprint density at radius 3 is 1.56 bits per heavy atom. The van der Waals surface area contributed by atoms with Crippen molar-refractivity contribution in [3.63, 3.8) is 0 Å². The molecule has 0 amide bonds. The normalized spacial score (nSPS) is 11.1. The number of rotatable bonds is 16. The molecule has 0 aliphatic carbocycles. The molecule has 0 aliphatic rings.